The lowest BCUT2D eigenvalue weighted by atomic mass is 9.93. The molecule has 0 bridgehead atoms. The Morgan fingerprint density at radius 2 is 1.96 bits per heavy atom. The number of carbonyl (C=O) groups is 1. The van der Waals surface area contributed by atoms with E-state index in [1.54, 1.807) is 6.07 Å². The molecule has 9 heteroatoms. The lowest BCUT2D eigenvalue weighted by Crippen LogP contribution is -2.52. The second-order valence-electron chi connectivity index (χ2n) is 6.30. The number of amides is 1. The van der Waals surface area contributed by atoms with Crippen LogP contribution in [0.5, 0.6) is 0 Å². The summed E-state index contributed by atoms with van der Waals surface area (Å²) in [4.78, 5) is 20.9. The van der Waals surface area contributed by atoms with Crippen LogP contribution in [0.15, 0.2) is 42.7 Å². The molecule has 2 heterocycles. The van der Waals surface area contributed by atoms with Gasteiger partial charge in [0.05, 0.1) is 6.54 Å². The van der Waals surface area contributed by atoms with E-state index in [1.165, 1.54) is 36.7 Å². The number of alkyl halides is 2. The third-order valence-corrected chi connectivity index (χ3v) is 4.35. The zero-order valence-electron chi connectivity index (χ0n) is 14.4. The molecule has 2 aromatic rings. The van der Waals surface area contributed by atoms with Crippen LogP contribution in [0.1, 0.15) is 12.0 Å². The fraction of sp³-hybridized carbons (Fsp3) is 0.389. The summed E-state index contributed by atoms with van der Waals surface area (Å²) in [6.07, 6.45) is 2.36. The van der Waals surface area contributed by atoms with Gasteiger partial charge in [-0.1, -0.05) is 12.1 Å². The van der Waals surface area contributed by atoms with E-state index in [1.807, 2.05) is 0 Å². The van der Waals surface area contributed by atoms with Gasteiger partial charge in [0.2, 0.25) is 5.95 Å². The maximum Gasteiger partial charge on any atom is 0.410 e. The summed E-state index contributed by atoms with van der Waals surface area (Å²) < 4.78 is 46.8. The maximum absolute atomic E-state index is 14.4. The molecular weight excluding hydrogens is 361 g/mol. The molecule has 144 valence electrons. The number of hydrogen-bond donors (Lipinski definition) is 1. The quantitative estimate of drug-likeness (QED) is 0.862. The van der Waals surface area contributed by atoms with Crippen molar-refractivity contribution in [1.29, 1.82) is 0 Å². The second-order valence-corrected chi connectivity index (χ2v) is 6.30. The molecule has 0 aliphatic carbocycles. The number of carbonyl (C=O) groups excluding carboxylic acids is 1. The largest absolute Gasteiger partial charge is 0.445 e. The van der Waals surface area contributed by atoms with Gasteiger partial charge in [-0.2, -0.15) is 0 Å². The zero-order chi connectivity index (χ0) is 19.3. The van der Waals surface area contributed by atoms with Gasteiger partial charge >= 0.3 is 6.09 Å². The van der Waals surface area contributed by atoms with Crippen molar-refractivity contribution in [3.05, 3.63) is 54.1 Å². The minimum atomic E-state index is -3.06. The van der Waals surface area contributed by atoms with Gasteiger partial charge in [0.15, 0.2) is 0 Å². The van der Waals surface area contributed by atoms with Crippen LogP contribution in [0.2, 0.25) is 0 Å². The Labute approximate surface area is 154 Å². The Kier molecular flexibility index (Phi) is 5.78. The molecule has 0 spiro atoms. The van der Waals surface area contributed by atoms with Crippen molar-refractivity contribution >= 4 is 12.0 Å². The lowest BCUT2D eigenvalue weighted by molar-refractivity contribution is -0.102. The van der Waals surface area contributed by atoms with Crippen molar-refractivity contribution in [2.45, 2.75) is 19.0 Å². The van der Waals surface area contributed by atoms with E-state index in [0.717, 1.165) is 4.90 Å². The van der Waals surface area contributed by atoms with Gasteiger partial charge in [-0.05, 0) is 30.2 Å². The van der Waals surface area contributed by atoms with Crippen molar-refractivity contribution < 1.29 is 22.7 Å². The van der Waals surface area contributed by atoms with Gasteiger partial charge in [-0.15, -0.1) is 0 Å². The molecule has 6 nitrogen and oxygen atoms in total. The zero-order valence-corrected chi connectivity index (χ0v) is 14.4. The van der Waals surface area contributed by atoms with E-state index in [4.69, 9.17) is 4.74 Å². The van der Waals surface area contributed by atoms with Crippen molar-refractivity contribution in [3.63, 3.8) is 0 Å². The standard InChI is InChI=1S/C18H19F3N4O2/c19-15-4-2-13(3-5-15)11-27-17(26)25-9-6-14(18(20,21)12-25)10-24-16-22-7-1-8-23-16/h1-5,7-8,14H,6,9-12H2,(H,22,23,24)/t14-/m0/s1. The summed E-state index contributed by atoms with van der Waals surface area (Å²) in [5.74, 6) is -4.12. The van der Waals surface area contributed by atoms with E-state index in [2.05, 4.69) is 15.3 Å². The van der Waals surface area contributed by atoms with Gasteiger partial charge in [-0.3, -0.25) is 0 Å². The minimum absolute atomic E-state index is 0.00941. The molecule has 0 unspecified atom stereocenters. The molecule has 1 saturated heterocycles. The first-order chi connectivity index (χ1) is 12.9. The third-order valence-electron chi connectivity index (χ3n) is 4.35. The van der Waals surface area contributed by atoms with Crippen molar-refractivity contribution in [1.82, 2.24) is 14.9 Å². The molecule has 27 heavy (non-hydrogen) atoms. The first-order valence-corrected chi connectivity index (χ1v) is 8.49. The van der Waals surface area contributed by atoms with Gasteiger partial charge < -0.3 is 15.0 Å². The fourth-order valence-electron chi connectivity index (χ4n) is 2.81. The summed E-state index contributed by atoms with van der Waals surface area (Å²) in [5.41, 5.74) is 0.582. The number of nitrogens with zero attached hydrogens (tertiary/aromatic N) is 3. The summed E-state index contributed by atoms with van der Waals surface area (Å²) >= 11 is 0. The molecule has 1 N–H and O–H groups in total. The number of likely N-dealkylation sites (tertiary alicyclic amines) is 1. The number of benzene rings is 1. The van der Waals surface area contributed by atoms with Gasteiger partial charge in [-0.25, -0.2) is 27.9 Å². The molecular formula is C18H19F3N4O2. The van der Waals surface area contributed by atoms with E-state index >= 15 is 0 Å². The van der Waals surface area contributed by atoms with Crippen molar-refractivity contribution in [3.8, 4) is 0 Å². The van der Waals surface area contributed by atoms with E-state index in [-0.39, 0.29) is 32.1 Å². The van der Waals surface area contributed by atoms with Crippen LogP contribution in [0.3, 0.4) is 0 Å². The van der Waals surface area contributed by atoms with Crippen molar-refractivity contribution in [2.75, 3.05) is 25.0 Å². The van der Waals surface area contributed by atoms with Crippen LogP contribution >= 0.6 is 0 Å². The number of nitrogens with one attached hydrogen (secondary N) is 1. The van der Waals surface area contributed by atoms with Crippen LogP contribution in [0, 0.1) is 11.7 Å². The molecule has 1 amide bonds. The summed E-state index contributed by atoms with van der Waals surface area (Å²) in [6, 6.07) is 7.07. The minimum Gasteiger partial charge on any atom is -0.445 e. The molecule has 3 rings (SSSR count). The number of halogens is 3. The molecule has 1 fully saturated rings. The van der Waals surface area contributed by atoms with Crippen LogP contribution in [-0.2, 0) is 11.3 Å². The smallest absolute Gasteiger partial charge is 0.410 e. The Morgan fingerprint density at radius 3 is 2.63 bits per heavy atom. The van der Waals surface area contributed by atoms with Crippen LogP contribution < -0.4 is 5.32 Å². The molecule has 1 aliphatic rings. The monoisotopic (exact) mass is 380 g/mol. The average molecular weight is 380 g/mol. The Morgan fingerprint density at radius 1 is 1.26 bits per heavy atom. The van der Waals surface area contributed by atoms with Crippen LogP contribution in [0.4, 0.5) is 23.9 Å². The molecule has 1 aromatic carbocycles. The van der Waals surface area contributed by atoms with E-state index in [9.17, 15) is 18.0 Å². The highest BCUT2D eigenvalue weighted by Crippen LogP contribution is 2.33. The highest BCUT2D eigenvalue weighted by molar-refractivity contribution is 5.68. The third kappa shape index (κ3) is 5.08. The second kappa shape index (κ2) is 8.24. The number of rotatable bonds is 5. The topological polar surface area (TPSA) is 67.3 Å². The number of hydrogen-bond acceptors (Lipinski definition) is 5. The predicted octanol–water partition coefficient (Wildman–Crippen LogP) is 3.32. The molecule has 0 saturated carbocycles. The number of anilines is 1. The SMILES string of the molecule is O=C(OCc1ccc(F)cc1)N1CC[C@@H](CNc2ncccn2)C(F)(F)C1. The van der Waals surface area contributed by atoms with Gasteiger partial charge in [0.1, 0.15) is 12.4 Å². The summed E-state index contributed by atoms with van der Waals surface area (Å²) in [7, 11) is 0. The summed E-state index contributed by atoms with van der Waals surface area (Å²) in [5, 5.41) is 2.80. The fourth-order valence-corrected chi connectivity index (χ4v) is 2.81. The first kappa shape index (κ1) is 18.9. The van der Waals surface area contributed by atoms with Gasteiger partial charge in [0.25, 0.3) is 5.92 Å². The Balaban J connectivity index is 1.49. The molecule has 0 radical (unpaired) electrons. The van der Waals surface area contributed by atoms with Gasteiger partial charge in [0, 0.05) is 31.4 Å². The maximum atomic E-state index is 14.4. The highest BCUT2D eigenvalue weighted by Gasteiger charge is 2.46. The average Bonchev–Trinajstić information content (AvgIpc) is 2.66. The van der Waals surface area contributed by atoms with Crippen LogP contribution in [-0.4, -0.2) is 46.5 Å². The molecule has 1 aromatic heterocycles. The number of piperidine rings is 1. The number of aromatic nitrogens is 2. The van der Waals surface area contributed by atoms with Crippen molar-refractivity contribution in [2.24, 2.45) is 5.92 Å². The number of ether oxygens (including phenoxy) is 1. The summed E-state index contributed by atoms with van der Waals surface area (Å²) in [6.45, 7) is -0.635. The predicted molar refractivity (Wildman–Crippen MR) is 91.7 cm³/mol. The van der Waals surface area contributed by atoms with Crippen LogP contribution in [0.25, 0.3) is 0 Å². The Hall–Kier alpha value is -2.84. The molecule has 1 aliphatic heterocycles. The lowest BCUT2D eigenvalue weighted by Gasteiger charge is -2.37. The van der Waals surface area contributed by atoms with E-state index in [0.29, 0.717) is 5.56 Å². The highest BCUT2D eigenvalue weighted by atomic mass is 19.3. The van der Waals surface area contributed by atoms with E-state index < -0.39 is 30.3 Å². The molecule has 1 atom stereocenters. The Bertz CT molecular complexity index is 759. The normalized spacial score (nSPS) is 18.8. The first-order valence-electron chi connectivity index (χ1n) is 8.49.